The van der Waals surface area contributed by atoms with Gasteiger partial charge in [0.1, 0.15) is 5.75 Å². The highest BCUT2D eigenvalue weighted by Gasteiger charge is 2.48. The number of hydrogen-bond donors (Lipinski definition) is 2. The van der Waals surface area contributed by atoms with Gasteiger partial charge in [-0.25, -0.2) is 13.2 Å². The summed E-state index contributed by atoms with van der Waals surface area (Å²) in [7, 11) is -2.30. The fourth-order valence-electron chi connectivity index (χ4n) is 2.68. The van der Waals surface area contributed by atoms with Crippen molar-refractivity contribution in [1.82, 2.24) is 5.32 Å². The van der Waals surface area contributed by atoms with Crippen molar-refractivity contribution in [2.75, 3.05) is 38.4 Å². The Morgan fingerprint density at radius 1 is 1.19 bits per heavy atom. The molecule has 1 heterocycles. The Labute approximate surface area is 159 Å². The van der Waals surface area contributed by atoms with Crippen molar-refractivity contribution in [1.29, 1.82) is 0 Å². The molecule has 0 aliphatic carbocycles. The van der Waals surface area contributed by atoms with Crippen molar-refractivity contribution >= 4 is 39.8 Å². The monoisotopic (exact) mass is 406 g/mol. The maximum absolute atomic E-state index is 12.7. The van der Waals surface area contributed by atoms with Crippen LogP contribution in [-0.2, 0) is 24.2 Å². The number of benzene rings is 1. The average molecular weight is 407 g/mol. The fourth-order valence-corrected chi connectivity index (χ4v) is 4.01. The number of rotatable bonds is 6. The Balaban J connectivity index is 0.00000338. The van der Waals surface area contributed by atoms with Crippen molar-refractivity contribution in [3.05, 3.63) is 24.3 Å². The summed E-state index contributed by atoms with van der Waals surface area (Å²) in [4.78, 5) is 23.7. The molecule has 1 saturated heterocycles. The molecule has 8 nitrogen and oxygen atoms in total. The second-order valence-corrected chi connectivity index (χ2v) is 8.19. The van der Waals surface area contributed by atoms with Gasteiger partial charge in [-0.1, -0.05) is 0 Å². The quantitative estimate of drug-likeness (QED) is 0.671. The van der Waals surface area contributed by atoms with Gasteiger partial charge in [-0.15, -0.1) is 12.4 Å². The van der Waals surface area contributed by atoms with Crippen LogP contribution in [0.3, 0.4) is 0 Å². The van der Waals surface area contributed by atoms with E-state index in [4.69, 9.17) is 4.74 Å². The SMILES string of the molecule is COC(=O)COc1ccc(NC(=O)C2(S(C)(=O)=O)CCNCC2)cc1.Cl. The van der Waals surface area contributed by atoms with E-state index < -0.39 is 26.5 Å². The molecule has 1 fully saturated rings. The van der Waals surface area contributed by atoms with Crippen molar-refractivity contribution in [3.8, 4) is 5.75 Å². The molecular weight excluding hydrogens is 384 g/mol. The third-order valence-corrected chi connectivity index (χ3v) is 6.24. The summed E-state index contributed by atoms with van der Waals surface area (Å²) in [6.07, 6.45) is 1.57. The van der Waals surface area contributed by atoms with E-state index in [1.165, 1.54) is 7.11 Å². The number of halogens is 1. The minimum absolute atomic E-state index is 0. The molecule has 1 amide bonds. The van der Waals surface area contributed by atoms with E-state index in [9.17, 15) is 18.0 Å². The predicted octanol–water partition coefficient (Wildman–Crippen LogP) is 0.765. The molecule has 10 heteroatoms. The molecule has 0 saturated carbocycles. The molecule has 2 rings (SSSR count). The van der Waals surface area contributed by atoms with Crippen LogP contribution in [-0.4, -0.2) is 58.1 Å². The summed E-state index contributed by atoms with van der Waals surface area (Å²) in [5.74, 6) is -0.596. The number of carbonyl (C=O) groups is 2. The Hall–Kier alpha value is -1.84. The average Bonchev–Trinajstić information content (AvgIpc) is 2.60. The minimum Gasteiger partial charge on any atom is -0.482 e. The number of esters is 1. The smallest absolute Gasteiger partial charge is 0.343 e. The van der Waals surface area contributed by atoms with Crippen molar-refractivity contribution in [3.63, 3.8) is 0 Å². The normalized spacial score (nSPS) is 16.1. The number of ether oxygens (including phenoxy) is 2. The lowest BCUT2D eigenvalue weighted by molar-refractivity contribution is -0.142. The van der Waals surface area contributed by atoms with Crippen molar-refractivity contribution in [2.24, 2.45) is 0 Å². The zero-order valence-electron chi connectivity index (χ0n) is 14.6. The largest absolute Gasteiger partial charge is 0.482 e. The van der Waals surface area contributed by atoms with E-state index in [2.05, 4.69) is 15.4 Å². The molecule has 146 valence electrons. The van der Waals surface area contributed by atoms with Gasteiger partial charge in [0.15, 0.2) is 21.2 Å². The first-order valence-electron chi connectivity index (χ1n) is 7.80. The number of nitrogens with one attached hydrogen (secondary N) is 2. The number of sulfone groups is 1. The molecule has 1 aromatic rings. The van der Waals surface area contributed by atoms with Gasteiger partial charge in [0.05, 0.1) is 7.11 Å². The Bertz CT molecular complexity index is 730. The third-order valence-electron chi connectivity index (χ3n) is 4.23. The lowest BCUT2D eigenvalue weighted by Crippen LogP contribution is -2.55. The highest BCUT2D eigenvalue weighted by Crippen LogP contribution is 2.29. The summed E-state index contributed by atoms with van der Waals surface area (Å²) in [5, 5.41) is 5.74. The summed E-state index contributed by atoms with van der Waals surface area (Å²) in [6.45, 7) is 0.730. The number of hydrogen-bond acceptors (Lipinski definition) is 7. The molecular formula is C16H23ClN2O6S. The van der Waals surface area contributed by atoms with E-state index in [1.54, 1.807) is 24.3 Å². The molecule has 0 spiro atoms. The second kappa shape index (κ2) is 9.20. The van der Waals surface area contributed by atoms with Crippen LogP contribution in [0, 0.1) is 0 Å². The van der Waals surface area contributed by atoms with Crippen LogP contribution < -0.4 is 15.4 Å². The molecule has 0 unspecified atom stereocenters. The first-order chi connectivity index (χ1) is 11.8. The maximum atomic E-state index is 12.7. The predicted molar refractivity (Wildman–Crippen MR) is 99.5 cm³/mol. The molecule has 1 aliphatic rings. The topological polar surface area (TPSA) is 111 Å². The highest BCUT2D eigenvalue weighted by molar-refractivity contribution is 7.92. The van der Waals surface area contributed by atoms with E-state index in [0.717, 1.165) is 6.26 Å². The van der Waals surface area contributed by atoms with Crippen LogP contribution in [0.2, 0.25) is 0 Å². The van der Waals surface area contributed by atoms with Crippen LogP contribution in [0.5, 0.6) is 5.75 Å². The molecule has 26 heavy (non-hydrogen) atoms. The number of amides is 1. The standard InChI is InChI=1S/C16H22N2O6S.ClH/c1-23-14(19)11-24-13-5-3-12(4-6-13)18-15(20)16(25(2,21)22)7-9-17-10-8-16;/h3-6,17H,7-11H2,1-2H3,(H,18,20);1H. The molecule has 1 aromatic carbocycles. The van der Waals surface area contributed by atoms with Crippen molar-refractivity contribution < 1.29 is 27.5 Å². The molecule has 0 atom stereocenters. The lowest BCUT2D eigenvalue weighted by atomic mass is 9.95. The van der Waals surface area contributed by atoms with Gasteiger partial charge >= 0.3 is 5.97 Å². The van der Waals surface area contributed by atoms with E-state index >= 15 is 0 Å². The first kappa shape index (κ1) is 22.2. The maximum Gasteiger partial charge on any atom is 0.343 e. The van der Waals surface area contributed by atoms with Gasteiger partial charge in [0.2, 0.25) is 5.91 Å². The van der Waals surface area contributed by atoms with E-state index in [-0.39, 0.29) is 31.9 Å². The van der Waals surface area contributed by atoms with Gasteiger partial charge in [-0.3, -0.25) is 4.79 Å². The summed E-state index contributed by atoms with van der Waals surface area (Å²) in [5.41, 5.74) is 0.456. The van der Waals surface area contributed by atoms with Gasteiger partial charge in [0.25, 0.3) is 0 Å². The van der Waals surface area contributed by atoms with Crippen LogP contribution in [0.15, 0.2) is 24.3 Å². The number of methoxy groups -OCH3 is 1. The minimum atomic E-state index is -3.56. The molecule has 0 radical (unpaired) electrons. The third kappa shape index (κ3) is 5.09. The Morgan fingerprint density at radius 2 is 1.77 bits per heavy atom. The van der Waals surface area contributed by atoms with Gasteiger partial charge in [-0.05, 0) is 50.2 Å². The second-order valence-electron chi connectivity index (χ2n) is 5.86. The van der Waals surface area contributed by atoms with Crippen LogP contribution in [0.25, 0.3) is 0 Å². The molecule has 2 N–H and O–H groups in total. The Kier molecular flexibility index (Phi) is 7.86. The van der Waals surface area contributed by atoms with Crippen LogP contribution >= 0.6 is 12.4 Å². The van der Waals surface area contributed by atoms with Crippen molar-refractivity contribution in [2.45, 2.75) is 17.6 Å². The zero-order chi connectivity index (χ0) is 18.5. The number of anilines is 1. The summed E-state index contributed by atoms with van der Waals surface area (Å²) < 4.78 is 32.7. The molecule has 0 aromatic heterocycles. The summed E-state index contributed by atoms with van der Waals surface area (Å²) >= 11 is 0. The van der Waals surface area contributed by atoms with E-state index in [0.29, 0.717) is 24.5 Å². The van der Waals surface area contributed by atoms with Crippen LogP contribution in [0.1, 0.15) is 12.8 Å². The number of carbonyl (C=O) groups excluding carboxylic acids is 2. The zero-order valence-corrected chi connectivity index (χ0v) is 16.2. The van der Waals surface area contributed by atoms with Gasteiger partial charge in [0, 0.05) is 11.9 Å². The first-order valence-corrected chi connectivity index (χ1v) is 9.69. The van der Waals surface area contributed by atoms with Gasteiger partial charge in [-0.2, -0.15) is 0 Å². The Morgan fingerprint density at radius 3 is 2.27 bits per heavy atom. The number of piperidine rings is 1. The van der Waals surface area contributed by atoms with E-state index in [1.807, 2.05) is 0 Å². The fraction of sp³-hybridized carbons (Fsp3) is 0.500. The lowest BCUT2D eigenvalue weighted by Gasteiger charge is -2.34. The van der Waals surface area contributed by atoms with Gasteiger partial charge < -0.3 is 20.1 Å². The van der Waals surface area contributed by atoms with Crippen LogP contribution in [0.4, 0.5) is 5.69 Å². The summed E-state index contributed by atoms with van der Waals surface area (Å²) in [6, 6.07) is 6.32. The molecule has 1 aliphatic heterocycles. The highest BCUT2D eigenvalue weighted by atomic mass is 35.5. The molecule has 0 bridgehead atoms.